The minimum Gasteiger partial charge on any atom is -0.463 e. The summed E-state index contributed by atoms with van der Waals surface area (Å²) >= 11 is 0. The van der Waals surface area contributed by atoms with E-state index in [9.17, 15) is 9.90 Å². The van der Waals surface area contributed by atoms with Crippen LogP contribution in [0.25, 0.3) is 0 Å². The van der Waals surface area contributed by atoms with E-state index in [2.05, 4.69) is 0 Å². The molecular formula is C9H18O4. The van der Waals surface area contributed by atoms with E-state index in [4.69, 9.17) is 9.84 Å². The summed E-state index contributed by atoms with van der Waals surface area (Å²) in [7, 11) is 0. The highest BCUT2D eigenvalue weighted by atomic mass is 16.5. The largest absolute Gasteiger partial charge is 0.463 e. The van der Waals surface area contributed by atoms with Gasteiger partial charge in [-0.15, -0.1) is 0 Å². The van der Waals surface area contributed by atoms with Crippen molar-refractivity contribution in [2.45, 2.75) is 33.3 Å². The van der Waals surface area contributed by atoms with E-state index < -0.39 is 17.0 Å². The van der Waals surface area contributed by atoms with Gasteiger partial charge < -0.3 is 14.9 Å². The first-order valence-electron chi connectivity index (χ1n) is 4.19. The highest BCUT2D eigenvalue weighted by Gasteiger charge is 2.28. The number of aliphatic hydroxyl groups excluding tert-OH is 1. The molecule has 0 rings (SSSR count). The van der Waals surface area contributed by atoms with Crippen LogP contribution in [0, 0.1) is 5.41 Å². The molecule has 0 amide bonds. The Morgan fingerprint density at radius 2 is 1.77 bits per heavy atom. The standard InChI is InChI=1S/C9H18O4/c1-8(2,5-10)6-13-7(11)9(3,4)12/h10,12H,5-6H2,1-4H3. The van der Waals surface area contributed by atoms with Crippen LogP contribution in [-0.2, 0) is 9.53 Å². The first-order chi connectivity index (χ1) is 5.69. The normalized spacial score (nSPS) is 12.8. The van der Waals surface area contributed by atoms with Gasteiger partial charge in [0.15, 0.2) is 5.60 Å². The van der Waals surface area contributed by atoms with Crippen molar-refractivity contribution in [1.29, 1.82) is 0 Å². The Morgan fingerprint density at radius 1 is 1.31 bits per heavy atom. The zero-order valence-corrected chi connectivity index (χ0v) is 8.63. The van der Waals surface area contributed by atoms with E-state index in [0.29, 0.717) is 0 Å². The molecule has 0 atom stereocenters. The lowest BCUT2D eigenvalue weighted by Gasteiger charge is -2.23. The second kappa shape index (κ2) is 4.07. The summed E-state index contributed by atoms with van der Waals surface area (Å²) in [6.07, 6.45) is 0. The summed E-state index contributed by atoms with van der Waals surface area (Å²) in [6.45, 7) is 6.30. The van der Waals surface area contributed by atoms with Gasteiger partial charge in [-0.25, -0.2) is 4.79 Å². The highest BCUT2D eigenvalue weighted by Crippen LogP contribution is 2.15. The van der Waals surface area contributed by atoms with Gasteiger partial charge in [0.1, 0.15) is 0 Å². The fraction of sp³-hybridized carbons (Fsp3) is 0.889. The molecule has 4 heteroatoms. The van der Waals surface area contributed by atoms with Gasteiger partial charge >= 0.3 is 5.97 Å². The van der Waals surface area contributed by atoms with Gasteiger partial charge in [0.05, 0.1) is 13.2 Å². The molecule has 0 aliphatic heterocycles. The molecule has 0 spiro atoms. The summed E-state index contributed by atoms with van der Waals surface area (Å²) in [6, 6.07) is 0. The van der Waals surface area contributed by atoms with Crippen LogP contribution in [0.3, 0.4) is 0 Å². The molecule has 0 saturated carbocycles. The molecule has 0 heterocycles. The smallest absolute Gasteiger partial charge is 0.337 e. The van der Waals surface area contributed by atoms with Gasteiger partial charge in [-0.1, -0.05) is 13.8 Å². The fourth-order valence-corrected chi connectivity index (χ4v) is 0.483. The first kappa shape index (κ1) is 12.4. The first-order valence-corrected chi connectivity index (χ1v) is 4.19. The van der Waals surface area contributed by atoms with E-state index in [0.717, 1.165) is 0 Å². The molecular weight excluding hydrogens is 172 g/mol. The van der Waals surface area contributed by atoms with Crippen molar-refractivity contribution in [1.82, 2.24) is 0 Å². The number of rotatable bonds is 4. The van der Waals surface area contributed by atoms with E-state index in [1.54, 1.807) is 13.8 Å². The van der Waals surface area contributed by atoms with Crippen LogP contribution < -0.4 is 0 Å². The molecule has 0 radical (unpaired) electrons. The molecule has 0 aromatic rings. The number of carbonyl (C=O) groups excluding carboxylic acids is 1. The van der Waals surface area contributed by atoms with Crippen molar-refractivity contribution in [2.75, 3.05) is 13.2 Å². The van der Waals surface area contributed by atoms with E-state index in [1.807, 2.05) is 0 Å². The predicted molar refractivity (Wildman–Crippen MR) is 48.1 cm³/mol. The molecule has 0 aromatic carbocycles. The van der Waals surface area contributed by atoms with Crippen molar-refractivity contribution in [2.24, 2.45) is 5.41 Å². The van der Waals surface area contributed by atoms with Crippen LogP contribution in [-0.4, -0.2) is 35.0 Å². The van der Waals surface area contributed by atoms with Crippen LogP contribution in [0.4, 0.5) is 0 Å². The van der Waals surface area contributed by atoms with Gasteiger partial charge in [0.25, 0.3) is 0 Å². The average molecular weight is 190 g/mol. The third-order valence-electron chi connectivity index (χ3n) is 1.52. The average Bonchev–Trinajstić information content (AvgIpc) is 1.98. The van der Waals surface area contributed by atoms with Crippen LogP contribution in [0.15, 0.2) is 0 Å². The number of hydrogen-bond donors (Lipinski definition) is 2. The monoisotopic (exact) mass is 190 g/mol. The van der Waals surface area contributed by atoms with Crippen LogP contribution in [0.5, 0.6) is 0 Å². The quantitative estimate of drug-likeness (QED) is 0.626. The van der Waals surface area contributed by atoms with Crippen LogP contribution >= 0.6 is 0 Å². The molecule has 0 aliphatic rings. The predicted octanol–water partition coefficient (Wildman–Crippen LogP) is 0.319. The van der Waals surface area contributed by atoms with Crippen molar-refractivity contribution in [3.63, 3.8) is 0 Å². The second-order valence-electron chi connectivity index (χ2n) is 4.46. The zero-order chi connectivity index (χ0) is 10.7. The minimum absolute atomic E-state index is 0.0634. The maximum absolute atomic E-state index is 11.1. The molecule has 0 unspecified atom stereocenters. The van der Waals surface area contributed by atoms with E-state index in [1.165, 1.54) is 13.8 Å². The lowest BCUT2D eigenvalue weighted by Crippen LogP contribution is -2.36. The maximum Gasteiger partial charge on any atom is 0.337 e. The number of carbonyl (C=O) groups is 1. The molecule has 78 valence electrons. The molecule has 0 saturated heterocycles. The number of ether oxygens (including phenoxy) is 1. The number of esters is 1. The lowest BCUT2D eigenvalue weighted by molar-refractivity contribution is -0.165. The molecule has 4 nitrogen and oxygen atoms in total. The minimum atomic E-state index is -1.47. The van der Waals surface area contributed by atoms with E-state index in [-0.39, 0.29) is 13.2 Å². The van der Waals surface area contributed by atoms with Gasteiger partial charge in [-0.3, -0.25) is 0 Å². The molecule has 0 aliphatic carbocycles. The van der Waals surface area contributed by atoms with Crippen molar-refractivity contribution >= 4 is 5.97 Å². The molecule has 2 N–H and O–H groups in total. The highest BCUT2D eigenvalue weighted by molar-refractivity contribution is 5.78. The van der Waals surface area contributed by atoms with Gasteiger partial charge in [-0.05, 0) is 13.8 Å². The Morgan fingerprint density at radius 3 is 2.08 bits per heavy atom. The summed E-state index contributed by atoms with van der Waals surface area (Å²) in [4.78, 5) is 11.1. The van der Waals surface area contributed by atoms with Gasteiger partial charge in [0.2, 0.25) is 0 Å². The Kier molecular flexibility index (Phi) is 3.88. The molecule has 0 bridgehead atoms. The summed E-state index contributed by atoms with van der Waals surface area (Å²) in [5, 5.41) is 18.1. The van der Waals surface area contributed by atoms with Crippen LogP contribution in [0.2, 0.25) is 0 Å². The molecule has 0 fully saturated rings. The number of aliphatic hydroxyl groups is 2. The third-order valence-corrected chi connectivity index (χ3v) is 1.52. The third kappa shape index (κ3) is 4.85. The van der Waals surface area contributed by atoms with E-state index >= 15 is 0 Å². The summed E-state index contributed by atoms with van der Waals surface area (Å²) < 4.78 is 4.81. The van der Waals surface area contributed by atoms with Crippen molar-refractivity contribution in [3.8, 4) is 0 Å². The van der Waals surface area contributed by atoms with Crippen LogP contribution in [0.1, 0.15) is 27.7 Å². The SMILES string of the molecule is CC(C)(CO)COC(=O)C(C)(C)O. The fourth-order valence-electron chi connectivity index (χ4n) is 0.483. The Labute approximate surface area is 78.5 Å². The molecule has 0 aromatic heterocycles. The Hall–Kier alpha value is -0.610. The second-order valence-corrected chi connectivity index (χ2v) is 4.46. The topological polar surface area (TPSA) is 66.8 Å². The Balaban J connectivity index is 3.98. The van der Waals surface area contributed by atoms with Crippen molar-refractivity contribution in [3.05, 3.63) is 0 Å². The van der Waals surface area contributed by atoms with Gasteiger partial charge in [0, 0.05) is 5.41 Å². The van der Waals surface area contributed by atoms with Crippen molar-refractivity contribution < 1.29 is 19.7 Å². The maximum atomic E-state index is 11.1. The summed E-state index contributed by atoms with van der Waals surface area (Å²) in [5.74, 6) is -0.672. The Bertz CT molecular complexity index is 179. The van der Waals surface area contributed by atoms with Gasteiger partial charge in [-0.2, -0.15) is 0 Å². The lowest BCUT2D eigenvalue weighted by atomic mass is 9.96. The molecule has 13 heavy (non-hydrogen) atoms. The number of hydrogen-bond acceptors (Lipinski definition) is 4. The summed E-state index contributed by atoms with van der Waals surface area (Å²) in [5.41, 5.74) is -1.92. The zero-order valence-electron chi connectivity index (χ0n) is 8.63.